The van der Waals surface area contributed by atoms with Gasteiger partial charge in [0.15, 0.2) is 0 Å². The average molecular weight is 456 g/mol. The molecular formula is C25H34FN5O2. The summed E-state index contributed by atoms with van der Waals surface area (Å²) in [6, 6.07) is 9.36. The molecular weight excluding hydrogens is 421 g/mol. The van der Waals surface area contributed by atoms with Gasteiger partial charge in [-0.25, -0.2) is 9.37 Å². The molecule has 0 atom stereocenters. The van der Waals surface area contributed by atoms with Crippen LogP contribution in [-0.2, 0) is 6.54 Å². The number of likely N-dealkylation sites (tertiary alicyclic amines) is 1. The molecule has 8 heteroatoms. The minimum Gasteiger partial charge on any atom is -0.496 e. The minimum absolute atomic E-state index is 0.00513. The van der Waals surface area contributed by atoms with Gasteiger partial charge in [-0.05, 0) is 63.8 Å². The Balaban J connectivity index is 1.30. The molecule has 2 aliphatic heterocycles. The second-order valence-electron chi connectivity index (χ2n) is 9.09. The first-order valence-electron chi connectivity index (χ1n) is 11.7. The molecule has 33 heavy (non-hydrogen) atoms. The van der Waals surface area contributed by atoms with E-state index in [9.17, 15) is 9.18 Å². The quantitative estimate of drug-likeness (QED) is 0.668. The van der Waals surface area contributed by atoms with Gasteiger partial charge in [0.25, 0.3) is 5.91 Å². The Morgan fingerprint density at radius 3 is 2.42 bits per heavy atom. The molecule has 0 unspecified atom stereocenters. The molecule has 0 spiro atoms. The van der Waals surface area contributed by atoms with Crippen molar-refractivity contribution in [2.75, 3.05) is 65.4 Å². The Morgan fingerprint density at radius 2 is 1.82 bits per heavy atom. The minimum atomic E-state index is -0.551. The number of methoxy groups -OCH3 is 1. The number of amides is 1. The van der Waals surface area contributed by atoms with Crippen molar-refractivity contribution in [2.45, 2.75) is 25.4 Å². The van der Waals surface area contributed by atoms with Crippen LogP contribution < -0.4 is 9.64 Å². The topological polar surface area (TPSA) is 52.2 Å². The maximum Gasteiger partial charge on any atom is 0.260 e. The fraction of sp³-hybridized carbons (Fsp3) is 0.520. The highest BCUT2D eigenvalue weighted by Gasteiger charge is 2.27. The first kappa shape index (κ1) is 23.4. The monoisotopic (exact) mass is 455 g/mol. The molecule has 7 nitrogen and oxygen atoms in total. The predicted molar refractivity (Wildman–Crippen MR) is 127 cm³/mol. The zero-order valence-electron chi connectivity index (χ0n) is 19.8. The smallest absolute Gasteiger partial charge is 0.260 e. The van der Waals surface area contributed by atoms with Crippen LogP contribution >= 0.6 is 0 Å². The summed E-state index contributed by atoms with van der Waals surface area (Å²) in [5.41, 5.74) is 1.23. The summed E-state index contributed by atoms with van der Waals surface area (Å²) in [5, 5.41) is 0. The number of nitrogens with zero attached hydrogens (tertiary/aromatic N) is 5. The van der Waals surface area contributed by atoms with Gasteiger partial charge in [-0.1, -0.05) is 12.1 Å². The Kier molecular flexibility index (Phi) is 7.45. The summed E-state index contributed by atoms with van der Waals surface area (Å²) >= 11 is 0. The first-order chi connectivity index (χ1) is 16.0. The normalized spacial score (nSPS) is 18.1. The lowest BCUT2D eigenvalue weighted by atomic mass is 10.0. The Bertz CT molecular complexity index is 936. The van der Waals surface area contributed by atoms with E-state index in [0.717, 1.165) is 25.5 Å². The third-order valence-corrected chi connectivity index (χ3v) is 6.80. The molecule has 2 fully saturated rings. The Labute approximate surface area is 195 Å². The van der Waals surface area contributed by atoms with E-state index in [-0.39, 0.29) is 17.2 Å². The second-order valence-corrected chi connectivity index (χ2v) is 9.09. The van der Waals surface area contributed by atoms with Gasteiger partial charge in [0.05, 0.1) is 7.11 Å². The molecule has 178 valence electrons. The van der Waals surface area contributed by atoms with Gasteiger partial charge in [-0.15, -0.1) is 0 Å². The molecule has 0 bridgehead atoms. The fourth-order valence-corrected chi connectivity index (χ4v) is 4.73. The van der Waals surface area contributed by atoms with Crippen molar-refractivity contribution in [2.24, 2.45) is 0 Å². The molecule has 2 saturated heterocycles. The van der Waals surface area contributed by atoms with Gasteiger partial charge >= 0.3 is 0 Å². The largest absolute Gasteiger partial charge is 0.496 e. The molecule has 1 aromatic heterocycles. The zero-order chi connectivity index (χ0) is 23.4. The lowest BCUT2D eigenvalue weighted by Gasteiger charge is -2.36. The highest BCUT2D eigenvalue weighted by Crippen LogP contribution is 2.24. The van der Waals surface area contributed by atoms with E-state index in [1.807, 2.05) is 6.20 Å². The molecule has 0 aliphatic carbocycles. The molecule has 2 aliphatic rings. The van der Waals surface area contributed by atoms with Crippen molar-refractivity contribution in [3.05, 3.63) is 53.5 Å². The van der Waals surface area contributed by atoms with Crippen LogP contribution in [0.15, 0.2) is 36.5 Å². The Morgan fingerprint density at radius 1 is 1.09 bits per heavy atom. The lowest BCUT2D eigenvalue weighted by Crippen LogP contribution is -2.49. The van der Waals surface area contributed by atoms with Crippen LogP contribution in [0.5, 0.6) is 5.75 Å². The number of piperidine rings is 1. The van der Waals surface area contributed by atoms with Gasteiger partial charge in [0, 0.05) is 45.0 Å². The number of rotatable bonds is 6. The molecule has 3 heterocycles. The van der Waals surface area contributed by atoms with Gasteiger partial charge in [0.2, 0.25) is 0 Å². The van der Waals surface area contributed by atoms with E-state index in [0.29, 0.717) is 32.2 Å². The number of aromatic nitrogens is 1. The van der Waals surface area contributed by atoms with Crippen molar-refractivity contribution >= 4 is 11.7 Å². The molecule has 1 amide bonds. The predicted octanol–water partition coefficient (Wildman–Crippen LogP) is 2.72. The van der Waals surface area contributed by atoms with Gasteiger partial charge < -0.3 is 19.4 Å². The molecule has 0 radical (unpaired) electrons. The van der Waals surface area contributed by atoms with Crippen LogP contribution in [0, 0.1) is 5.82 Å². The van der Waals surface area contributed by atoms with Crippen LogP contribution in [0.1, 0.15) is 28.8 Å². The van der Waals surface area contributed by atoms with Crippen molar-refractivity contribution in [3.8, 4) is 5.75 Å². The van der Waals surface area contributed by atoms with Gasteiger partial charge in [-0.2, -0.15) is 0 Å². The van der Waals surface area contributed by atoms with Crippen LogP contribution in [0.4, 0.5) is 10.2 Å². The summed E-state index contributed by atoms with van der Waals surface area (Å²) in [5.74, 6) is 0.308. The number of piperazine rings is 1. The molecule has 2 aromatic rings. The number of benzene rings is 1. The van der Waals surface area contributed by atoms with Crippen molar-refractivity contribution in [3.63, 3.8) is 0 Å². The van der Waals surface area contributed by atoms with Crippen LogP contribution in [0.2, 0.25) is 0 Å². The molecule has 0 saturated carbocycles. The summed E-state index contributed by atoms with van der Waals surface area (Å²) in [4.78, 5) is 26.3. The van der Waals surface area contributed by atoms with Gasteiger partial charge in [0.1, 0.15) is 22.9 Å². The van der Waals surface area contributed by atoms with E-state index in [2.05, 4.69) is 45.9 Å². The van der Waals surface area contributed by atoms with E-state index in [1.165, 1.54) is 31.6 Å². The number of ether oxygens (including phenoxy) is 1. The third-order valence-electron chi connectivity index (χ3n) is 6.80. The van der Waals surface area contributed by atoms with Crippen molar-refractivity contribution in [1.29, 1.82) is 0 Å². The number of pyridine rings is 1. The van der Waals surface area contributed by atoms with E-state index in [1.54, 1.807) is 17.0 Å². The number of anilines is 1. The molecule has 0 N–H and O–H groups in total. The summed E-state index contributed by atoms with van der Waals surface area (Å²) < 4.78 is 19.5. The maximum absolute atomic E-state index is 14.3. The maximum atomic E-state index is 14.3. The van der Waals surface area contributed by atoms with Gasteiger partial charge in [-0.3, -0.25) is 9.69 Å². The summed E-state index contributed by atoms with van der Waals surface area (Å²) in [7, 11) is 5.77. The fourth-order valence-electron chi connectivity index (χ4n) is 4.73. The summed E-state index contributed by atoms with van der Waals surface area (Å²) in [6.07, 6.45) is 4.38. The SMILES string of the molecule is COc1cccc(F)c1C(=O)N1CCN(c2ccc(CN3CCC(N(C)C)CC3)cn2)CC1. The highest BCUT2D eigenvalue weighted by molar-refractivity contribution is 5.97. The van der Waals surface area contributed by atoms with E-state index >= 15 is 0 Å². The van der Waals surface area contributed by atoms with E-state index < -0.39 is 5.82 Å². The van der Waals surface area contributed by atoms with Crippen LogP contribution in [0.3, 0.4) is 0 Å². The van der Waals surface area contributed by atoms with E-state index in [4.69, 9.17) is 4.74 Å². The number of hydrogen-bond donors (Lipinski definition) is 0. The Hall–Kier alpha value is -2.71. The highest BCUT2D eigenvalue weighted by atomic mass is 19.1. The molecule has 4 rings (SSSR count). The zero-order valence-corrected chi connectivity index (χ0v) is 19.8. The average Bonchev–Trinajstić information content (AvgIpc) is 2.84. The number of hydrogen-bond acceptors (Lipinski definition) is 6. The second kappa shape index (κ2) is 10.5. The number of carbonyl (C=O) groups is 1. The first-order valence-corrected chi connectivity index (χ1v) is 11.7. The van der Waals surface area contributed by atoms with Crippen molar-refractivity contribution in [1.82, 2.24) is 19.7 Å². The number of halogens is 1. The standard InChI is InChI=1S/C25H34FN5O2/c1-28(2)20-9-11-29(12-10-20)18-19-7-8-23(27-17-19)30-13-15-31(16-14-30)25(32)24-21(26)5-4-6-22(24)33-3/h4-8,17,20H,9-16,18H2,1-3H3. The lowest BCUT2D eigenvalue weighted by molar-refractivity contribution is 0.0738. The molecule has 1 aromatic carbocycles. The van der Waals surface area contributed by atoms with Crippen LogP contribution in [-0.4, -0.2) is 92.1 Å². The third kappa shape index (κ3) is 5.45. The number of carbonyl (C=O) groups excluding carboxylic acids is 1. The van der Waals surface area contributed by atoms with Crippen LogP contribution in [0.25, 0.3) is 0 Å². The summed E-state index contributed by atoms with van der Waals surface area (Å²) in [6.45, 7) is 5.52. The van der Waals surface area contributed by atoms with Crippen molar-refractivity contribution < 1.29 is 13.9 Å².